The Morgan fingerprint density at radius 3 is 2.25 bits per heavy atom. The number of nitrogens with one attached hydrogen (secondary N) is 4. The van der Waals surface area contributed by atoms with Crippen molar-refractivity contribution in [3.8, 4) is 0 Å². The maximum atomic E-state index is 13.9. The number of aromatic nitrogens is 1. The van der Waals surface area contributed by atoms with E-state index in [-0.39, 0.29) is 23.1 Å². The van der Waals surface area contributed by atoms with Gasteiger partial charge in [0, 0.05) is 24.6 Å². The summed E-state index contributed by atoms with van der Waals surface area (Å²) in [5.41, 5.74) is 1.60. The number of carbonyl (C=O) groups excluding carboxylic acids is 2. The summed E-state index contributed by atoms with van der Waals surface area (Å²) in [5, 5.41) is 10.7. The summed E-state index contributed by atoms with van der Waals surface area (Å²) in [5.74, 6) is -0.610. The van der Waals surface area contributed by atoms with Crippen LogP contribution in [0.2, 0.25) is 0 Å². The van der Waals surface area contributed by atoms with Crippen LogP contribution < -0.4 is 21.3 Å². The fraction of sp³-hybridized carbons (Fsp3) is 0.0500. The van der Waals surface area contributed by atoms with E-state index in [1.54, 1.807) is 54.6 Å². The number of benzene rings is 2. The van der Waals surface area contributed by atoms with Gasteiger partial charge in [0.2, 0.25) is 0 Å². The number of nitrogens with zero attached hydrogens (tertiary/aromatic N) is 1. The molecule has 3 aromatic rings. The van der Waals surface area contributed by atoms with Gasteiger partial charge in [-0.25, -0.2) is 14.2 Å². The molecule has 1 heterocycles. The summed E-state index contributed by atoms with van der Waals surface area (Å²) in [7, 11) is 1.52. The highest BCUT2D eigenvalue weighted by Gasteiger charge is 2.14. The van der Waals surface area contributed by atoms with Crippen LogP contribution in [0.3, 0.4) is 0 Å². The first-order valence-corrected chi connectivity index (χ1v) is 8.43. The molecule has 3 amide bonds. The van der Waals surface area contributed by atoms with Gasteiger partial charge in [-0.05, 0) is 48.5 Å². The standard InChI is InChI=1S/C20H18FN5O2/c1-22-20(28)25-14-10-8-13(9-11-14)24-19(27)15-5-4-12-23-18(15)26-17-7-3-2-6-16(17)21/h2-12H,1H3,(H,23,26)(H,24,27)(H2,22,25,28). The number of pyridine rings is 1. The SMILES string of the molecule is CNC(=O)Nc1ccc(NC(=O)c2cccnc2Nc2ccccc2F)cc1. The molecule has 4 N–H and O–H groups in total. The highest BCUT2D eigenvalue weighted by molar-refractivity contribution is 6.07. The zero-order chi connectivity index (χ0) is 19.9. The van der Waals surface area contributed by atoms with Crippen molar-refractivity contribution in [1.82, 2.24) is 10.3 Å². The van der Waals surface area contributed by atoms with Gasteiger partial charge in [0.1, 0.15) is 11.6 Å². The molecule has 0 radical (unpaired) electrons. The van der Waals surface area contributed by atoms with Crippen LogP contribution in [0.25, 0.3) is 0 Å². The van der Waals surface area contributed by atoms with Gasteiger partial charge in [0.25, 0.3) is 5.91 Å². The Kier molecular flexibility index (Phi) is 5.81. The van der Waals surface area contributed by atoms with E-state index in [0.717, 1.165) is 0 Å². The molecule has 3 rings (SSSR count). The number of hydrogen-bond donors (Lipinski definition) is 4. The van der Waals surface area contributed by atoms with Crippen molar-refractivity contribution in [3.63, 3.8) is 0 Å². The van der Waals surface area contributed by atoms with Gasteiger partial charge < -0.3 is 21.3 Å². The molecule has 7 nitrogen and oxygen atoms in total. The van der Waals surface area contributed by atoms with Gasteiger partial charge in [-0.1, -0.05) is 12.1 Å². The maximum Gasteiger partial charge on any atom is 0.318 e. The molecule has 142 valence electrons. The third kappa shape index (κ3) is 4.61. The van der Waals surface area contributed by atoms with Crippen molar-refractivity contribution in [1.29, 1.82) is 0 Å². The summed E-state index contributed by atoms with van der Waals surface area (Å²) in [6.07, 6.45) is 1.51. The lowest BCUT2D eigenvalue weighted by molar-refractivity contribution is 0.102. The quantitative estimate of drug-likeness (QED) is 0.539. The van der Waals surface area contributed by atoms with E-state index < -0.39 is 11.7 Å². The Labute approximate surface area is 161 Å². The number of para-hydroxylation sites is 1. The van der Waals surface area contributed by atoms with Crippen LogP contribution in [-0.2, 0) is 0 Å². The van der Waals surface area contributed by atoms with Gasteiger partial charge in [-0.3, -0.25) is 4.79 Å². The molecule has 0 atom stereocenters. The van der Waals surface area contributed by atoms with Crippen molar-refractivity contribution in [2.75, 3.05) is 23.0 Å². The summed E-state index contributed by atoms with van der Waals surface area (Å²) < 4.78 is 13.9. The lowest BCUT2D eigenvalue weighted by Gasteiger charge is -2.12. The Bertz CT molecular complexity index is 992. The minimum atomic E-state index is -0.446. The van der Waals surface area contributed by atoms with Crippen LogP contribution in [0, 0.1) is 5.82 Å². The van der Waals surface area contributed by atoms with Crippen LogP contribution >= 0.6 is 0 Å². The largest absolute Gasteiger partial charge is 0.341 e. The average molecular weight is 379 g/mol. The molecule has 1 aromatic heterocycles. The second kappa shape index (κ2) is 8.63. The Morgan fingerprint density at radius 1 is 0.893 bits per heavy atom. The molecule has 28 heavy (non-hydrogen) atoms. The number of halogens is 1. The van der Waals surface area contributed by atoms with Gasteiger partial charge in [0.05, 0.1) is 11.3 Å². The smallest absolute Gasteiger partial charge is 0.318 e. The number of hydrogen-bond acceptors (Lipinski definition) is 4. The lowest BCUT2D eigenvalue weighted by Crippen LogP contribution is -2.24. The highest BCUT2D eigenvalue weighted by atomic mass is 19.1. The van der Waals surface area contributed by atoms with E-state index in [0.29, 0.717) is 11.4 Å². The van der Waals surface area contributed by atoms with Gasteiger partial charge in [-0.2, -0.15) is 0 Å². The monoisotopic (exact) mass is 379 g/mol. The molecule has 0 saturated heterocycles. The van der Waals surface area contributed by atoms with Gasteiger partial charge in [0.15, 0.2) is 0 Å². The average Bonchev–Trinajstić information content (AvgIpc) is 2.71. The minimum absolute atomic E-state index is 0.222. The van der Waals surface area contributed by atoms with Crippen molar-refractivity contribution < 1.29 is 14.0 Å². The third-order valence-electron chi connectivity index (χ3n) is 3.81. The third-order valence-corrected chi connectivity index (χ3v) is 3.81. The molecule has 0 unspecified atom stereocenters. The molecule has 0 aliphatic heterocycles. The molecule has 8 heteroatoms. The molecule has 0 aliphatic carbocycles. The summed E-state index contributed by atoms with van der Waals surface area (Å²) in [4.78, 5) is 28.1. The Morgan fingerprint density at radius 2 is 1.57 bits per heavy atom. The summed E-state index contributed by atoms with van der Waals surface area (Å²) in [6.45, 7) is 0. The maximum absolute atomic E-state index is 13.9. The van der Waals surface area contributed by atoms with Crippen molar-refractivity contribution >= 4 is 34.8 Å². The van der Waals surface area contributed by atoms with E-state index in [1.165, 1.54) is 19.3 Å². The summed E-state index contributed by atoms with van der Waals surface area (Å²) >= 11 is 0. The molecular weight excluding hydrogens is 361 g/mol. The van der Waals surface area contributed by atoms with Crippen LogP contribution in [0.1, 0.15) is 10.4 Å². The first-order chi connectivity index (χ1) is 13.6. The second-order valence-corrected chi connectivity index (χ2v) is 5.74. The predicted octanol–water partition coefficient (Wildman–Crippen LogP) is 3.97. The second-order valence-electron chi connectivity index (χ2n) is 5.74. The van der Waals surface area contributed by atoms with E-state index in [9.17, 15) is 14.0 Å². The van der Waals surface area contributed by atoms with E-state index in [4.69, 9.17) is 0 Å². The summed E-state index contributed by atoms with van der Waals surface area (Å²) in [6, 6.07) is 15.6. The normalized spacial score (nSPS) is 10.1. The Balaban J connectivity index is 1.74. The molecule has 2 aromatic carbocycles. The van der Waals surface area contributed by atoms with Crippen LogP contribution in [0.4, 0.5) is 32.1 Å². The van der Waals surface area contributed by atoms with Crippen molar-refractivity contribution in [2.24, 2.45) is 0 Å². The van der Waals surface area contributed by atoms with Crippen LogP contribution in [-0.4, -0.2) is 24.0 Å². The van der Waals surface area contributed by atoms with E-state index in [2.05, 4.69) is 26.3 Å². The topological polar surface area (TPSA) is 95.2 Å². The fourth-order valence-corrected chi connectivity index (χ4v) is 2.41. The zero-order valence-corrected chi connectivity index (χ0v) is 15.0. The molecular formula is C20H18FN5O2. The lowest BCUT2D eigenvalue weighted by atomic mass is 10.2. The van der Waals surface area contributed by atoms with Crippen LogP contribution in [0.15, 0.2) is 66.9 Å². The van der Waals surface area contributed by atoms with Crippen molar-refractivity contribution in [2.45, 2.75) is 0 Å². The minimum Gasteiger partial charge on any atom is -0.341 e. The highest BCUT2D eigenvalue weighted by Crippen LogP contribution is 2.22. The number of urea groups is 1. The molecule has 0 saturated carbocycles. The molecule has 0 fully saturated rings. The van der Waals surface area contributed by atoms with E-state index in [1.807, 2.05) is 0 Å². The zero-order valence-electron chi connectivity index (χ0n) is 15.0. The first kappa shape index (κ1) is 18.8. The van der Waals surface area contributed by atoms with Gasteiger partial charge in [-0.15, -0.1) is 0 Å². The number of anilines is 4. The fourth-order valence-electron chi connectivity index (χ4n) is 2.41. The number of carbonyl (C=O) groups is 2. The predicted molar refractivity (Wildman–Crippen MR) is 106 cm³/mol. The molecule has 0 aliphatic rings. The first-order valence-electron chi connectivity index (χ1n) is 8.43. The Hall–Kier alpha value is -3.94. The number of amides is 3. The number of rotatable bonds is 5. The molecule has 0 bridgehead atoms. The van der Waals surface area contributed by atoms with E-state index >= 15 is 0 Å². The van der Waals surface area contributed by atoms with Gasteiger partial charge >= 0.3 is 6.03 Å². The molecule has 0 spiro atoms. The van der Waals surface area contributed by atoms with Crippen LogP contribution in [0.5, 0.6) is 0 Å². The van der Waals surface area contributed by atoms with Crippen molar-refractivity contribution in [3.05, 3.63) is 78.2 Å².